The molecule has 0 spiro atoms. The van der Waals surface area contributed by atoms with E-state index in [1.54, 1.807) is 13.0 Å². The Balaban J connectivity index is 2.33. The first-order valence-electron chi connectivity index (χ1n) is 5.89. The minimum Gasteiger partial charge on any atom is -0.440 e. The van der Waals surface area contributed by atoms with Crippen molar-refractivity contribution in [2.24, 2.45) is 5.73 Å². The van der Waals surface area contributed by atoms with Crippen LogP contribution in [0.25, 0.3) is 0 Å². The van der Waals surface area contributed by atoms with E-state index < -0.39 is 11.7 Å². The predicted octanol–water partition coefficient (Wildman–Crippen LogP) is 3.73. The molecule has 0 bridgehead atoms. The molecular formula is C13H13F3N2OS. The fourth-order valence-corrected chi connectivity index (χ4v) is 2.50. The van der Waals surface area contributed by atoms with Crippen molar-refractivity contribution in [2.45, 2.75) is 35.7 Å². The van der Waals surface area contributed by atoms with Crippen LogP contribution >= 0.6 is 11.8 Å². The second-order valence-electron chi connectivity index (χ2n) is 4.40. The Morgan fingerprint density at radius 2 is 2.15 bits per heavy atom. The fourth-order valence-electron chi connectivity index (χ4n) is 1.77. The molecule has 0 radical (unpaired) electrons. The molecule has 0 amide bonds. The summed E-state index contributed by atoms with van der Waals surface area (Å²) in [6, 6.07) is 3.84. The van der Waals surface area contributed by atoms with Gasteiger partial charge < -0.3 is 10.2 Å². The molecule has 1 heterocycles. The van der Waals surface area contributed by atoms with Crippen LogP contribution in [0.1, 0.15) is 18.1 Å². The van der Waals surface area contributed by atoms with Gasteiger partial charge in [0.25, 0.3) is 5.22 Å². The first-order valence-corrected chi connectivity index (χ1v) is 6.71. The Kier molecular flexibility index (Phi) is 4.39. The molecule has 0 aliphatic carbocycles. The van der Waals surface area contributed by atoms with E-state index in [2.05, 4.69) is 4.98 Å². The van der Waals surface area contributed by atoms with Crippen LogP contribution in [0.3, 0.4) is 0 Å². The van der Waals surface area contributed by atoms with Gasteiger partial charge in [-0.3, -0.25) is 0 Å². The van der Waals surface area contributed by atoms with Gasteiger partial charge in [0, 0.05) is 10.9 Å². The van der Waals surface area contributed by atoms with Crippen molar-refractivity contribution in [3.8, 4) is 0 Å². The minimum absolute atomic E-state index is 0.179. The lowest BCUT2D eigenvalue weighted by molar-refractivity contribution is -0.138. The first kappa shape index (κ1) is 14.9. The van der Waals surface area contributed by atoms with Gasteiger partial charge in [0.15, 0.2) is 0 Å². The molecule has 0 saturated carbocycles. The quantitative estimate of drug-likeness (QED) is 0.935. The average molecular weight is 302 g/mol. The molecule has 0 aliphatic rings. The molecule has 0 saturated heterocycles. The molecule has 7 heteroatoms. The lowest BCUT2D eigenvalue weighted by atomic mass is 10.0. The lowest BCUT2D eigenvalue weighted by Crippen LogP contribution is -2.20. The van der Waals surface area contributed by atoms with Gasteiger partial charge in [0.1, 0.15) is 6.26 Å². The summed E-state index contributed by atoms with van der Waals surface area (Å²) in [6.45, 7) is 1.68. The van der Waals surface area contributed by atoms with Gasteiger partial charge in [-0.15, -0.1) is 0 Å². The zero-order valence-corrected chi connectivity index (χ0v) is 11.5. The molecule has 1 aromatic heterocycles. The summed E-state index contributed by atoms with van der Waals surface area (Å²) in [4.78, 5) is 4.29. The van der Waals surface area contributed by atoms with Gasteiger partial charge in [-0.1, -0.05) is 6.07 Å². The van der Waals surface area contributed by atoms with Gasteiger partial charge in [-0.05, 0) is 42.8 Å². The first-order chi connectivity index (χ1) is 9.36. The summed E-state index contributed by atoms with van der Waals surface area (Å²) in [5, 5.41) is 0.304. The van der Waals surface area contributed by atoms with Crippen molar-refractivity contribution < 1.29 is 17.6 Å². The largest absolute Gasteiger partial charge is 0.440 e. The molecule has 2 N–H and O–H groups in total. The number of oxazole rings is 1. The Morgan fingerprint density at radius 1 is 1.40 bits per heavy atom. The molecule has 1 unspecified atom stereocenters. The standard InChI is InChI=1S/C13H13F3N2OS/c1-8(17)6-9-2-3-10(7-11(9)13(14,15)16)20-12-18-4-5-19-12/h2-5,7-8H,6,17H2,1H3. The van der Waals surface area contributed by atoms with Crippen molar-refractivity contribution in [2.75, 3.05) is 0 Å². The van der Waals surface area contributed by atoms with Gasteiger partial charge in [0.2, 0.25) is 0 Å². The van der Waals surface area contributed by atoms with E-state index in [1.165, 1.54) is 18.5 Å². The monoisotopic (exact) mass is 302 g/mol. The number of nitrogens with zero attached hydrogens (tertiary/aromatic N) is 1. The number of benzene rings is 1. The summed E-state index contributed by atoms with van der Waals surface area (Å²) in [7, 11) is 0. The van der Waals surface area contributed by atoms with E-state index in [4.69, 9.17) is 10.2 Å². The molecular weight excluding hydrogens is 289 g/mol. The lowest BCUT2D eigenvalue weighted by Gasteiger charge is -2.15. The van der Waals surface area contributed by atoms with Crippen LogP contribution in [0, 0.1) is 0 Å². The molecule has 2 rings (SSSR count). The van der Waals surface area contributed by atoms with Crippen LogP contribution in [0.15, 0.2) is 45.2 Å². The molecule has 20 heavy (non-hydrogen) atoms. The molecule has 1 atom stereocenters. The van der Waals surface area contributed by atoms with E-state index in [1.807, 2.05) is 0 Å². The number of rotatable bonds is 4. The van der Waals surface area contributed by atoms with Crippen LogP contribution in [-0.4, -0.2) is 11.0 Å². The van der Waals surface area contributed by atoms with E-state index in [-0.39, 0.29) is 18.0 Å². The summed E-state index contributed by atoms with van der Waals surface area (Å²) >= 11 is 1.04. The minimum atomic E-state index is -4.41. The van der Waals surface area contributed by atoms with E-state index in [0.717, 1.165) is 17.8 Å². The highest BCUT2D eigenvalue weighted by Crippen LogP contribution is 2.36. The van der Waals surface area contributed by atoms with Crippen molar-refractivity contribution in [3.63, 3.8) is 0 Å². The highest BCUT2D eigenvalue weighted by atomic mass is 32.2. The van der Waals surface area contributed by atoms with E-state index in [9.17, 15) is 13.2 Å². The Hall–Kier alpha value is -1.47. The van der Waals surface area contributed by atoms with E-state index >= 15 is 0 Å². The highest BCUT2D eigenvalue weighted by molar-refractivity contribution is 7.99. The second kappa shape index (κ2) is 5.88. The van der Waals surface area contributed by atoms with Crippen LogP contribution in [0.5, 0.6) is 0 Å². The predicted molar refractivity (Wildman–Crippen MR) is 69.4 cm³/mol. The topological polar surface area (TPSA) is 52.0 Å². The zero-order chi connectivity index (χ0) is 14.8. The average Bonchev–Trinajstić information content (AvgIpc) is 2.82. The molecule has 3 nitrogen and oxygen atoms in total. The van der Waals surface area contributed by atoms with Crippen LogP contribution in [-0.2, 0) is 12.6 Å². The van der Waals surface area contributed by atoms with Crippen LogP contribution < -0.4 is 5.73 Å². The van der Waals surface area contributed by atoms with Crippen molar-refractivity contribution in [1.29, 1.82) is 0 Å². The van der Waals surface area contributed by atoms with Crippen molar-refractivity contribution in [1.82, 2.24) is 4.98 Å². The SMILES string of the molecule is CC(N)Cc1ccc(Sc2ncco2)cc1C(F)(F)F. The number of halogens is 3. The number of hydrogen-bond acceptors (Lipinski definition) is 4. The van der Waals surface area contributed by atoms with Crippen molar-refractivity contribution in [3.05, 3.63) is 41.8 Å². The third-order valence-corrected chi connectivity index (χ3v) is 3.41. The Bertz CT molecular complexity index is 567. The molecule has 0 aliphatic heterocycles. The Morgan fingerprint density at radius 3 is 2.70 bits per heavy atom. The summed E-state index contributed by atoms with van der Waals surface area (Å²) < 4.78 is 44.2. The number of hydrogen-bond donors (Lipinski definition) is 1. The van der Waals surface area contributed by atoms with Gasteiger partial charge in [-0.2, -0.15) is 13.2 Å². The maximum Gasteiger partial charge on any atom is 0.416 e. The normalized spacial score (nSPS) is 13.4. The highest BCUT2D eigenvalue weighted by Gasteiger charge is 2.33. The summed E-state index contributed by atoms with van der Waals surface area (Å²) in [5.41, 5.74) is 5.12. The number of nitrogens with two attached hydrogens (primary N) is 1. The maximum atomic E-state index is 13.1. The number of alkyl halides is 3. The van der Waals surface area contributed by atoms with Crippen LogP contribution in [0.2, 0.25) is 0 Å². The maximum absolute atomic E-state index is 13.1. The fraction of sp³-hybridized carbons (Fsp3) is 0.308. The van der Waals surface area contributed by atoms with Gasteiger partial charge in [0.05, 0.1) is 11.8 Å². The van der Waals surface area contributed by atoms with Gasteiger partial charge in [-0.25, -0.2) is 4.98 Å². The third kappa shape index (κ3) is 3.77. The molecule has 108 valence electrons. The Labute approximate surface area is 118 Å². The molecule has 2 aromatic rings. The van der Waals surface area contributed by atoms with Gasteiger partial charge >= 0.3 is 6.18 Å². The zero-order valence-electron chi connectivity index (χ0n) is 10.6. The van der Waals surface area contributed by atoms with Crippen LogP contribution in [0.4, 0.5) is 13.2 Å². The second-order valence-corrected chi connectivity index (χ2v) is 5.42. The third-order valence-electron chi connectivity index (χ3n) is 2.54. The van der Waals surface area contributed by atoms with E-state index in [0.29, 0.717) is 10.1 Å². The summed E-state index contributed by atoms with van der Waals surface area (Å²) in [5.74, 6) is 0. The molecule has 1 aromatic carbocycles. The summed E-state index contributed by atoms with van der Waals surface area (Å²) in [6.07, 6.45) is -1.41. The smallest absolute Gasteiger partial charge is 0.416 e. The molecule has 0 fully saturated rings. The number of aromatic nitrogens is 1. The van der Waals surface area contributed by atoms with Crippen molar-refractivity contribution >= 4 is 11.8 Å².